The number of hydrogen-bond donors (Lipinski definition) is 1. The maximum atomic E-state index is 13.5. The molecule has 2 heterocycles. The molecular weight excluding hydrogens is 484 g/mol. The largest absolute Gasteiger partial charge is 0.497 e. The van der Waals surface area contributed by atoms with Gasteiger partial charge in [0.05, 0.1) is 23.7 Å². The molecule has 0 radical (unpaired) electrons. The third-order valence-corrected chi connectivity index (χ3v) is 5.96. The van der Waals surface area contributed by atoms with Crippen molar-refractivity contribution in [1.29, 1.82) is 0 Å². The van der Waals surface area contributed by atoms with Crippen molar-refractivity contribution in [3.63, 3.8) is 0 Å². The van der Waals surface area contributed by atoms with Gasteiger partial charge in [0.1, 0.15) is 17.0 Å². The summed E-state index contributed by atoms with van der Waals surface area (Å²) in [6.45, 7) is 0. The summed E-state index contributed by atoms with van der Waals surface area (Å²) in [4.78, 5) is 31.2. The average molecular weight is 501 g/mol. The topological polar surface area (TPSA) is 95.4 Å². The second-order valence-corrected chi connectivity index (χ2v) is 8.34. The molecule has 0 amide bonds. The number of benzene rings is 3. The fourth-order valence-electron chi connectivity index (χ4n) is 3.88. The van der Waals surface area contributed by atoms with Gasteiger partial charge in [-0.05, 0) is 48.0 Å². The minimum Gasteiger partial charge on any atom is -0.497 e. The zero-order chi connectivity index (χ0) is 23.1. The summed E-state index contributed by atoms with van der Waals surface area (Å²) in [5, 5.41) is 0.829. The molecule has 5 aromatic rings. The Morgan fingerprint density at radius 2 is 1.76 bits per heavy atom. The summed E-state index contributed by atoms with van der Waals surface area (Å²) in [5.74, 6) is 0.273. The molecule has 2 N–H and O–H groups in total. The van der Waals surface area contributed by atoms with Crippen LogP contribution in [0.1, 0.15) is 16.1 Å². The fourth-order valence-corrected chi connectivity index (χ4v) is 4.24. The van der Waals surface area contributed by atoms with Gasteiger partial charge in [-0.3, -0.25) is 4.79 Å². The first-order valence-electron chi connectivity index (χ1n) is 10.1. The Labute approximate surface area is 196 Å². The van der Waals surface area contributed by atoms with Crippen LogP contribution in [-0.2, 0) is 0 Å². The van der Waals surface area contributed by atoms with E-state index in [1.54, 1.807) is 49.6 Å². The van der Waals surface area contributed by atoms with Gasteiger partial charge in [-0.15, -0.1) is 0 Å². The van der Waals surface area contributed by atoms with E-state index in [2.05, 4.69) is 20.9 Å². The van der Waals surface area contributed by atoms with Crippen LogP contribution in [0.3, 0.4) is 0 Å². The van der Waals surface area contributed by atoms with Crippen LogP contribution >= 0.6 is 15.9 Å². The van der Waals surface area contributed by atoms with Crippen LogP contribution in [0, 0.1) is 0 Å². The van der Waals surface area contributed by atoms with E-state index in [1.807, 2.05) is 30.3 Å². The van der Waals surface area contributed by atoms with Gasteiger partial charge in [0.2, 0.25) is 5.78 Å². The smallest absolute Gasteiger partial charge is 0.346 e. The number of aromatic nitrogens is 1. The molecule has 0 aliphatic heterocycles. The maximum Gasteiger partial charge on any atom is 0.346 e. The summed E-state index contributed by atoms with van der Waals surface area (Å²) in [7, 11) is 1.56. The zero-order valence-corrected chi connectivity index (χ0v) is 19.0. The highest BCUT2D eigenvalue weighted by Gasteiger charge is 2.24. The van der Waals surface area contributed by atoms with Crippen molar-refractivity contribution in [1.82, 2.24) is 4.98 Å². The number of nitrogen functional groups attached to an aromatic ring is 1. The summed E-state index contributed by atoms with van der Waals surface area (Å²) in [5.41, 5.74) is 8.38. The highest BCUT2D eigenvalue weighted by atomic mass is 79.9. The van der Waals surface area contributed by atoms with Crippen LogP contribution in [0.4, 0.5) is 5.69 Å². The predicted molar refractivity (Wildman–Crippen MR) is 132 cm³/mol. The molecule has 0 saturated heterocycles. The summed E-state index contributed by atoms with van der Waals surface area (Å²) >= 11 is 3.46. The molecule has 0 aliphatic carbocycles. The molecule has 0 atom stereocenters. The number of carbonyl (C=O) groups is 1. The predicted octanol–water partition coefficient (Wildman–Crippen LogP) is 5.59. The van der Waals surface area contributed by atoms with Crippen LogP contribution in [-0.4, -0.2) is 17.9 Å². The lowest BCUT2D eigenvalue weighted by atomic mass is 9.95. The van der Waals surface area contributed by atoms with Gasteiger partial charge in [-0.2, -0.15) is 0 Å². The van der Waals surface area contributed by atoms with Crippen molar-refractivity contribution in [2.75, 3.05) is 12.8 Å². The third-order valence-electron chi connectivity index (χ3n) is 5.47. The number of halogens is 1. The van der Waals surface area contributed by atoms with E-state index in [9.17, 15) is 9.59 Å². The Morgan fingerprint density at radius 1 is 1.03 bits per heavy atom. The van der Waals surface area contributed by atoms with Gasteiger partial charge in [0.25, 0.3) is 0 Å². The Kier molecular flexibility index (Phi) is 5.18. The molecule has 33 heavy (non-hydrogen) atoms. The quantitative estimate of drug-likeness (QED) is 0.196. The monoisotopic (exact) mass is 500 g/mol. The van der Waals surface area contributed by atoms with Crippen molar-refractivity contribution in [3.8, 4) is 16.9 Å². The lowest BCUT2D eigenvalue weighted by Gasteiger charge is -2.14. The minimum absolute atomic E-state index is 0.0680. The molecule has 0 aliphatic rings. The van der Waals surface area contributed by atoms with Crippen LogP contribution in [0.15, 0.2) is 86.5 Å². The van der Waals surface area contributed by atoms with E-state index in [0.29, 0.717) is 38.9 Å². The molecule has 0 saturated carbocycles. The normalized spacial score (nSPS) is 11.1. The van der Waals surface area contributed by atoms with E-state index >= 15 is 0 Å². The molecule has 0 fully saturated rings. The zero-order valence-electron chi connectivity index (χ0n) is 17.5. The molecule has 0 spiro atoms. The van der Waals surface area contributed by atoms with E-state index in [1.165, 1.54) is 0 Å². The molecule has 5 rings (SSSR count). The number of methoxy groups -OCH3 is 1. The first-order valence-corrected chi connectivity index (χ1v) is 10.9. The third kappa shape index (κ3) is 3.56. The second-order valence-electron chi connectivity index (χ2n) is 7.43. The van der Waals surface area contributed by atoms with E-state index in [0.717, 1.165) is 4.47 Å². The standard InChI is InChI=1S/C26H17BrN2O4/c1-32-17-10-7-15(8-11-17)25(30)24-22(28)20(14-5-3-2-4-6-14)21-23(29-24)18-13-16(27)9-12-19(18)33-26(21)31/h2-13H,28H2,1H3. The van der Waals surface area contributed by atoms with E-state index in [-0.39, 0.29) is 22.6 Å². The number of anilines is 1. The van der Waals surface area contributed by atoms with Crippen molar-refractivity contribution in [2.24, 2.45) is 0 Å². The van der Waals surface area contributed by atoms with Crippen molar-refractivity contribution in [2.45, 2.75) is 0 Å². The van der Waals surface area contributed by atoms with Crippen LogP contribution in [0.25, 0.3) is 33.0 Å². The van der Waals surface area contributed by atoms with Crippen LogP contribution < -0.4 is 16.1 Å². The van der Waals surface area contributed by atoms with Gasteiger partial charge in [0, 0.05) is 21.0 Å². The maximum absolute atomic E-state index is 13.5. The highest BCUT2D eigenvalue weighted by molar-refractivity contribution is 9.10. The van der Waals surface area contributed by atoms with Gasteiger partial charge in [-0.1, -0.05) is 46.3 Å². The number of rotatable bonds is 4. The first-order chi connectivity index (χ1) is 16.0. The molecule has 0 unspecified atom stereocenters. The number of nitrogens with two attached hydrogens (primary N) is 1. The summed E-state index contributed by atoms with van der Waals surface area (Å²) in [6, 6.07) is 21.2. The SMILES string of the molecule is COc1ccc(C(=O)c2nc3c(c(-c4ccccc4)c2N)c(=O)oc2ccc(Br)cc23)cc1. The molecular formula is C26H17BrN2O4. The van der Waals surface area contributed by atoms with Gasteiger partial charge < -0.3 is 14.9 Å². The molecule has 0 bridgehead atoms. The van der Waals surface area contributed by atoms with Gasteiger partial charge >= 0.3 is 5.63 Å². The molecule has 162 valence electrons. The lowest BCUT2D eigenvalue weighted by molar-refractivity contribution is 0.103. The molecule has 6 nitrogen and oxygen atoms in total. The van der Waals surface area contributed by atoms with Gasteiger partial charge in [0.15, 0.2) is 0 Å². The molecule has 2 aromatic heterocycles. The van der Waals surface area contributed by atoms with Crippen molar-refractivity contribution in [3.05, 3.63) is 98.9 Å². The number of carbonyl (C=O) groups excluding carboxylic acids is 1. The van der Waals surface area contributed by atoms with Crippen molar-refractivity contribution < 1.29 is 13.9 Å². The number of hydrogen-bond acceptors (Lipinski definition) is 6. The minimum atomic E-state index is -0.568. The average Bonchev–Trinajstić information content (AvgIpc) is 2.84. The molecule has 3 aromatic carbocycles. The Bertz CT molecular complexity index is 1590. The van der Waals surface area contributed by atoms with Crippen molar-refractivity contribution >= 4 is 49.3 Å². The Balaban J connectivity index is 1.89. The number of fused-ring (bicyclic) bond motifs is 3. The summed E-state index contributed by atoms with van der Waals surface area (Å²) in [6.07, 6.45) is 0. The second kappa shape index (κ2) is 8.18. The number of pyridine rings is 1. The fraction of sp³-hybridized carbons (Fsp3) is 0.0385. The van der Waals surface area contributed by atoms with E-state index in [4.69, 9.17) is 14.9 Å². The lowest BCUT2D eigenvalue weighted by Crippen LogP contribution is -2.13. The first kappa shape index (κ1) is 20.9. The number of ether oxygens (including phenoxy) is 1. The van der Waals surface area contributed by atoms with Crippen LogP contribution in [0.2, 0.25) is 0 Å². The Morgan fingerprint density at radius 3 is 2.45 bits per heavy atom. The Hall–Kier alpha value is -3.97. The van der Waals surface area contributed by atoms with E-state index < -0.39 is 5.63 Å². The van der Waals surface area contributed by atoms with Crippen LogP contribution in [0.5, 0.6) is 5.75 Å². The van der Waals surface area contributed by atoms with Gasteiger partial charge in [-0.25, -0.2) is 9.78 Å². The highest BCUT2D eigenvalue weighted by Crippen LogP contribution is 2.37. The summed E-state index contributed by atoms with van der Waals surface area (Å²) < 4.78 is 11.6. The number of ketones is 1. The molecule has 7 heteroatoms. The number of nitrogens with zero attached hydrogens (tertiary/aromatic N) is 1.